The Bertz CT molecular complexity index is 1260. The fourth-order valence-electron chi connectivity index (χ4n) is 3.42. The molecule has 0 aliphatic carbocycles. The third-order valence-corrected chi connectivity index (χ3v) is 5.05. The summed E-state index contributed by atoms with van der Waals surface area (Å²) >= 11 is 0. The molecular weight excluding hydrogens is 404 g/mol. The van der Waals surface area contributed by atoms with Crippen LogP contribution in [-0.4, -0.2) is 43.4 Å². The summed E-state index contributed by atoms with van der Waals surface area (Å²) in [6, 6.07) is 7.80. The first-order valence-corrected chi connectivity index (χ1v) is 9.54. The molecule has 1 aromatic heterocycles. The zero-order valence-electron chi connectivity index (χ0n) is 18.1. The van der Waals surface area contributed by atoms with Crippen LogP contribution in [0.4, 0.5) is 0 Å². The van der Waals surface area contributed by atoms with E-state index in [1.807, 2.05) is 0 Å². The standard InChI is InChI=1S/C22H24N2O7/c1-6-23-21(26)14-10-19(30-4)20(31-5)11-15(14)24(22(23)27)12-16(25)13-7-8-17(28-2)18(9-13)29-3/h7-11H,6,12H2,1-5H3. The van der Waals surface area contributed by atoms with Crippen molar-refractivity contribution >= 4 is 16.7 Å². The molecule has 0 saturated carbocycles. The van der Waals surface area contributed by atoms with Gasteiger partial charge in [-0.1, -0.05) is 0 Å². The quantitative estimate of drug-likeness (QED) is 0.507. The second-order valence-corrected chi connectivity index (χ2v) is 6.64. The second kappa shape index (κ2) is 8.95. The number of hydrogen-bond acceptors (Lipinski definition) is 7. The Balaban J connectivity index is 2.20. The summed E-state index contributed by atoms with van der Waals surface area (Å²) in [5, 5.41) is 0.249. The van der Waals surface area contributed by atoms with E-state index in [0.29, 0.717) is 28.6 Å². The van der Waals surface area contributed by atoms with Crippen LogP contribution in [-0.2, 0) is 13.1 Å². The Kier molecular flexibility index (Phi) is 6.33. The molecule has 1 heterocycles. The number of carbonyl (C=O) groups is 1. The van der Waals surface area contributed by atoms with Crippen LogP contribution in [0.1, 0.15) is 17.3 Å². The maximum atomic E-state index is 13.0. The summed E-state index contributed by atoms with van der Waals surface area (Å²) in [6.45, 7) is 1.57. The van der Waals surface area contributed by atoms with E-state index in [9.17, 15) is 14.4 Å². The minimum absolute atomic E-state index is 0.159. The third-order valence-electron chi connectivity index (χ3n) is 5.05. The minimum atomic E-state index is -0.582. The molecular formula is C22H24N2O7. The van der Waals surface area contributed by atoms with E-state index in [1.54, 1.807) is 25.1 Å². The molecule has 2 aromatic carbocycles. The number of methoxy groups -OCH3 is 4. The summed E-state index contributed by atoms with van der Waals surface area (Å²) in [6.07, 6.45) is 0. The molecule has 0 N–H and O–H groups in total. The van der Waals surface area contributed by atoms with Gasteiger partial charge >= 0.3 is 5.69 Å². The van der Waals surface area contributed by atoms with E-state index < -0.39 is 11.2 Å². The topological polar surface area (TPSA) is 98.0 Å². The van der Waals surface area contributed by atoms with E-state index in [4.69, 9.17) is 18.9 Å². The van der Waals surface area contributed by atoms with E-state index >= 15 is 0 Å². The van der Waals surface area contributed by atoms with Gasteiger partial charge in [0.2, 0.25) is 0 Å². The number of aromatic nitrogens is 2. The van der Waals surface area contributed by atoms with Crippen molar-refractivity contribution in [2.24, 2.45) is 0 Å². The van der Waals surface area contributed by atoms with E-state index in [-0.39, 0.29) is 29.8 Å². The molecule has 0 aliphatic rings. The van der Waals surface area contributed by atoms with Gasteiger partial charge in [0.25, 0.3) is 5.56 Å². The van der Waals surface area contributed by atoms with Gasteiger partial charge < -0.3 is 18.9 Å². The third kappa shape index (κ3) is 3.86. The molecule has 9 nitrogen and oxygen atoms in total. The lowest BCUT2D eigenvalue weighted by Crippen LogP contribution is -2.40. The summed E-state index contributed by atoms with van der Waals surface area (Å²) in [5.74, 6) is 1.25. The van der Waals surface area contributed by atoms with Crippen molar-refractivity contribution in [1.29, 1.82) is 0 Å². The maximum Gasteiger partial charge on any atom is 0.331 e. The number of ether oxygens (including phenoxy) is 4. The van der Waals surface area contributed by atoms with Gasteiger partial charge in [-0.25, -0.2) is 4.79 Å². The second-order valence-electron chi connectivity index (χ2n) is 6.64. The van der Waals surface area contributed by atoms with Gasteiger partial charge in [0.15, 0.2) is 28.8 Å². The molecule has 0 fully saturated rings. The molecule has 0 amide bonds. The fourth-order valence-corrected chi connectivity index (χ4v) is 3.42. The number of nitrogens with zero attached hydrogens (tertiary/aromatic N) is 2. The van der Waals surface area contributed by atoms with Gasteiger partial charge in [-0.3, -0.25) is 18.7 Å². The molecule has 0 bridgehead atoms. The number of ketones is 1. The Hall–Kier alpha value is -3.75. The molecule has 0 saturated heterocycles. The van der Waals surface area contributed by atoms with Gasteiger partial charge in [0, 0.05) is 18.2 Å². The number of fused-ring (bicyclic) bond motifs is 1. The van der Waals surface area contributed by atoms with Crippen LogP contribution in [0.2, 0.25) is 0 Å². The Labute approximate surface area is 178 Å². The van der Waals surface area contributed by atoms with E-state index in [2.05, 4.69) is 0 Å². The zero-order chi connectivity index (χ0) is 22.7. The van der Waals surface area contributed by atoms with Crippen LogP contribution < -0.4 is 30.2 Å². The SMILES string of the molecule is CCn1c(=O)c2cc(OC)c(OC)cc2n(CC(=O)c2ccc(OC)c(OC)c2)c1=O. The molecule has 0 unspecified atom stereocenters. The smallest absolute Gasteiger partial charge is 0.331 e. The molecule has 164 valence electrons. The van der Waals surface area contributed by atoms with Crippen molar-refractivity contribution in [1.82, 2.24) is 9.13 Å². The monoisotopic (exact) mass is 428 g/mol. The zero-order valence-corrected chi connectivity index (χ0v) is 18.1. The van der Waals surface area contributed by atoms with Gasteiger partial charge in [-0.15, -0.1) is 0 Å². The van der Waals surface area contributed by atoms with Crippen LogP contribution >= 0.6 is 0 Å². The van der Waals surface area contributed by atoms with Gasteiger partial charge in [0.05, 0.1) is 45.9 Å². The fraction of sp³-hybridized carbons (Fsp3) is 0.318. The number of carbonyl (C=O) groups excluding carboxylic acids is 1. The van der Waals surface area contributed by atoms with Crippen molar-refractivity contribution < 1.29 is 23.7 Å². The number of benzene rings is 2. The lowest BCUT2D eigenvalue weighted by Gasteiger charge is -2.16. The molecule has 0 radical (unpaired) electrons. The highest BCUT2D eigenvalue weighted by Gasteiger charge is 2.19. The molecule has 0 atom stereocenters. The van der Waals surface area contributed by atoms with E-state index in [0.717, 1.165) is 4.57 Å². The Morgan fingerprint density at radius 2 is 1.39 bits per heavy atom. The van der Waals surface area contributed by atoms with Crippen LogP contribution in [0.15, 0.2) is 39.9 Å². The first kappa shape index (κ1) is 21.9. The van der Waals surface area contributed by atoms with Crippen LogP contribution in [0, 0.1) is 0 Å². The molecule has 9 heteroatoms. The summed E-state index contributed by atoms with van der Waals surface area (Å²) < 4.78 is 23.4. The highest BCUT2D eigenvalue weighted by molar-refractivity contribution is 5.97. The highest BCUT2D eigenvalue weighted by Crippen LogP contribution is 2.31. The van der Waals surface area contributed by atoms with Gasteiger partial charge in [0.1, 0.15) is 0 Å². The normalized spacial score (nSPS) is 10.7. The number of hydrogen-bond donors (Lipinski definition) is 0. The van der Waals surface area contributed by atoms with Crippen LogP contribution in [0.5, 0.6) is 23.0 Å². The lowest BCUT2D eigenvalue weighted by molar-refractivity contribution is 0.0971. The first-order valence-electron chi connectivity index (χ1n) is 9.54. The lowest BCUT2D eigenvalue weighted by atomic mass is 10.1. The van der Waals surface area contributed by atoms with Crippen molar-refractivity contribution in [3.63, 3.8) is 0 Å². The Morgan fingerprint density at radius 3 is 1.97 bits per heavy atom. The van der Waals surface area contributed by atoms with Crippen LogP contribution in [0.3, 0.4) is 0 Å². The van der Waals surface area contributed by atoms with E-state index in [1.165, 1.54) is 45.1 Å². The molecule has 3 aromatic rings. The number of rotatable bonds is 8. The molecule has 0 aliphatic heterocycles. The average molecular weight is 428 g/mol. The predicted molar refractivity (Wildman–Crippen MR) is 115 cm³/mol. The maximum absolute atomic E-state index is 13.0. The van der Waals surface area contributed by atoms with Crippen molar-refractivity contribution in [3.05, 3.63) is 56.7 Å². The molecule has 3 rings (SSSR count). The van der Waals surface area contributed by atoms with Crippen molar-refractivity contribution in [2.45, 2.75) is 20.0 Å². The summed E-state index contributed by atoms with van der Waals surface area (Å²) in [4.78, 5) is 38.9. The predicted octanol–water partition coefficient (Wildman–Crippen LogP) is 2.10. The Morgan fingerprint density at radius 1 is 0.806 bits per heavy atom. The summed E-state index contributed by atoms with van der Waals surface area (Å²) in [7, 11) is 5.88. The van der Waals surface area contributed by atoms with Crippen molar-refractivity contribution in [3.8, 4) is 23.0 Å². The van der Waals surface area contributed by atoms with Crippen LogP contribution in [0.25, 0.3) is 10.9 Å². The molecule has 0 spiro atoms. The average Bonchev–Trinajstić information content (AvgIpc) is 2.80. The first-order chi connectivity index (χ1) is 14.9. The number of Topliss-reactive ketones (excluding diaryl/α,β-unsaturated/α-hetero) is 1. The highest BCUT2D eigenvalue weighted by atomic mass is 16.5. The largest absolute Gasteiger partial charge is 0.493 e. The minimum Gasteiger partial charge on any atom is -0.493 e. The molecule has 31 heavy (non-hydrogen) atoms. The van der Waals surface area contributed by atoms with Gasteiger partial charge in [-0.2, -0.15) is 0 Å². The van der Waals surface area contributed by atoms with Gasteiger partial charge in [-0.05, 0) is 31.2 Å². The van der Waals surface area contributed by atoms with Crippen molar-refractivity contribution in [2.75, 3.05) is 28.4 Å². The summed E-state index contributed by atoms with van der Waals surface area (Å²) in [5.41, 5.74) is -0.419.